The van der Waals surface area contributed by atoms with Crippen molar-refractivity contribution in [3.63, 3.8) is 0 Å². The maximum absolute atomic E-state index is 9.23. The van der Waals surface area contributed by atoms with E-state index in [4.69, 9.17) is 0 Å². The highest BCUT2D eigenvalue weighted by Gasteiger charge is 2.05. The summed E-state index contributed by atoms with van der Waals surface area (Å²) in [6.07, 6.45) is 3.62. The smallest absolute Gasteiger partial charge is 0.0691 e. The fourth-order valence-electron chi connectivity index (χ4n) is 1.53. The molecule has 1 N–H and O–H groups in total. The molecular weight excluding hydrogens is 190 g/mol. The maximum Gasteiger partial charge on any atom is 0.0691 e. The van der Waals surface area contributed by atoms with Crippen LogP contribution in [0.25, 0.3) is 5.69 Å². The summed E-state index contributed by atoms with van der Waals surface area (Å²) < 4.78 is 1.79. The molecule has 0 spiro atoms. The first-order valence-electron chi connectivity index (χ1n) is 4.75. The van der Waals surface area contributed by atoms with Crippen molar-refractivity contribution in [2.45, 2.75) is 6.54 Å². The van der Waals surface area contributed by atoms with E-state index in [1.807, 2.05) is 36.5 Å². The van der Waals surface area contributed by atoms with Gasteiger partial charge in [-0.15, -0.1) is 0 Å². The first-order chi connectivity index (χ1) is 7.27. The summed E-state index contributed by atoms with van der Waals surface area (Å²) in [5, 5.41) is 14.6. The summed E-state index contributed by atoms with van der Waals surface area (Å²) in [6.45, 7) is 0.482. The highest BCUT2D eigenvalue weighted by Crippen LogP contribution is 2.14. The van der Waals surface area contributed by atoms with Gasteiger partial charge < -0.3 is 5.21 Å². The zero-order valence-corrected chi connectivity index (χ0v) is 8.54. The summed E-state index contributed by atoms with van der Waals surface area (Å²) in [6, 6.07) is 9.73. The van der Waals surface area contributed by atoms with Gasteiger partial charge in [-0.1, -0.05) is 18.2 Å². The van der Waals surface area contributed by atoms with Gasteiger partial charge >= 0.3 is 0 Å². The van der Waals surface area contributed by atoms with Gasteiger partial charge in [0.05, 0.1) is 12.2 Å². The molecule has 0 radical (unpaired) electrons. The molecule has 0 fully saturated rings. The molecular formula is C11H13N3O. The number of rotatable bonds is 3. The molecule has 2 rings (SSSR count). The van der Waals surface area contributed by atoms with Crippen molar-refractivity contribution in [3.05, 3.63) is 48.3 Å². The van der Waals surface area contributed by atoms with Crippen LogP contribution in [0.5, 0.6) is 0 Å². The number of hydrogen-bond donors (Lipinski definition) is 1. The average molecular weight is 203 g/mol. The third-order valence-electron chi connectivity index (χ3n) is 2.14. The van der Waals surface area contributed by atoms with Crippen LogP contribution < -0.4 is 0 Å². The predicted octanol–water partition coefficient (Wildman–Crippen LogP) is 1.69. The monoisotopic (exact) mass is 203 g/mol. The molecule has 1 heterocycles. The molecule has 0 aliphatic carbocycles. The third kappa shape index (κ3) is 2.23. The lowest BCUT2D eigenvalue weighted by Gasteiger charge is -2.12. The van der Waals surface area contributed by atoms with E-state index in [-0.39, 0.29) is 0 Å². The number of aromatic nitrogens is 2. The van der Waals surface area contributed by atoms with Gasteiger partial charge in [-0.3, -0.25) is 0 Å². The van der Waals surface area contributed by atoms with Crippen molar-refractivity contribution in [2.75, 3.05) is 7.05 Å². The number of benzene rings is 1. The van der Waals surface area contributed by atoms with Crippen molar-refractivity contribution in [1.82, 2.24) is 14.8 Å². The molecule has 0 saturated carbocycles. The van der Waals surface area contributed by atoms with E-state index in [1.165, 1.54) is 0 Å². The Morgan fingerprint density at radius 2 is 2.13 bits per heavy atom. The lowest BCUT2D eigenvalue weighted by atomic mass is 10.2. The van der Waals surface area contributed by atoms with E-state index in [2.05, 4.69) is 5.10 Å². The van der Waals surface area contributed by atoms with E-state index in [0.717, 1.165) is 16.3 Å². The molecule has 0 saturated heterocycles. The highest BCUT2D eigenvalue weighted by molar-refractivity contribution is 5.39. The maximum atomic E-state index is 9.23. The van der Waals surface area contributed by atoms with Gasteiger partial charge in [0.25, 0.3) is 0 Å². The Hall–Kier alpha value is -1.65. The van der Waals surface area contributed by atoms with E-state index in [1.54, 1.807) is 17.9 Å². The first-order valence-corrected chi connectivity index (χ1v) is 4.75. The second-order valence-electron chi connectivity index (χ2n) is 3.40. The molecule has 2 aromatic rings. The molecule has 1 aromatic carbocycles. The van der Waals surface area contributed by atoms with E-state index < -0.39 is 0 Å². The van der Waals surface area contributed by atoms with Crippen molar-refractivity contribution in [1.29, 1.82) is 0 Å². The van der Waals surface area contributed by atoms with Crippen LogP contribution in [-0.2, 0) is 6.54 Å². The topological polar surface area (TPSA) is 41.3 Å². The van der Waals surface area contributed by atoms with Gasteiger partial charge in [-0.25, -0.2) is 4.68 Å². The van der Waals surface area contributed by atoms with E-state index in [9.17, 15) is 5.21 Å². The quantitative estimate of drug-likeness (QED) is 0.772. The van der Waals surface area contributed by atoms with Crippen LogP contribution in [0.15, 0.2) is 42.7 Å². The predicted molar refractivity (Wildman–Crippen MR) is 56.8 cm³/mol. The third-order valence-corrected chi connectivity index (χ3v) is 2.14. The lowest BCUT2D eigenvalue weighted by Crippen LogP contribution is -2.13. The number of hydrogen-bond acceptors (Lipinski definition) is 3. The van der Waals surface area contributed by atoms with Crippen molar-refractivity contribution in [2.24, 2.45) is 0 Å². The molecule has 78 valence electrons. The van der Waals surface area contributed by atoms with Crippen molar-refractivity contribution in [3.8, 4) is 5.69 Å². The van der Waals surface area contributed by atoms with Gasteiger partial charge in [0.15, 0.2) is 0 Å². The van der Waals surface area contributed by atoms with Crippen LogP contribution in [0.1, 0.15) is 5.56 Å². The standard InChI is InChI=1S/C11H13N3O/c1-13(15)9-10-5-2-3-6-11(10)14-8-4-7-12-14/h2-8,15H,9H2,1H3. The number of nitrogens with zero attached hydrogens (tertiary/aromatic N) is 3. The van der Waals surface area contributed by atoms with Gasteiger partial charge in [-0.05, 0) is 17.7 Å². The molecule has 4 nitrogen and oxygen atoms in total. The Balaban J connectivity index is 2.38. The summed E-state index contributed by atoms with van der Waals surface area (Å²) >= 11 is 0. The zero-order chi connectivity index (χ0) is 10.7. The minimum Gasteiger partial charge on any atom is -0.314 e. The van der Waals surface area contributed by atoms with Crippen LogP contribution >= 0.6 is 0 Å². The lowest BCUT2D eigenvalue weighted by molar-refractivity contribution is -0.0731. The van der Waals surface area contributed by atoms with E-state index in [0.29, 0.717) is 6.54 Å². The Kier molecular flexibility index (Phi) is 2.80. The SMILES string of the molecule is CN(O)Cc1ccccc1-n1cccn1. The normalized spacial score (nSPS) is 10.9. The summed E-state index contributed by atoms with van der Waals surface area (Å²) in [5.74, 6) is 0. The minimum atomic E-state index is 0.482. The molecule has 0 amide bonds. The highest BCUT2D eigenvalue weighted by atomic mass is 16.5. The zero-order valence-electron chi connectivity index (χ0n) is 8.54. The fourth-order valence-corrected chi connectivity index (χ4v) is 1.53. The second-order valence-corrected chi connectivity index (χ2v) is 3.40. The molecule has 0 unspecified atom stereocenters. The largest absolute Gasteiger partial charge is 0.314 e. The Labute approximate surface area is 88.3 Å². The van der Waals surface area contributed by atoms with Crippen LogP contribution in [0.3, 0.4) is 0 Å². The number of para-hydroxylation sites is 1. The minimum absolute atomic E-state index is 0.482. The van der Waals surface area contributed by atoms with Crippen molar-refractivity contribution >= 4 is 0 Å². The van der Waals surface area contributed by atoms with Crippen molar-refractivity contribution < 1.29 is 5.21 Å². The van der Waals surface area contributed by atoms with Gasteiger partial charge in [-0.2, -0.15) is 10.2 Å². The fraction of sp³-hybridized carbons (Fsp3) is 0.182. The van der Waals surface area contributed by atoms with Crippen LogP contribution in [0, 0.1) is 0 Å². The Bertz CT molecular complexity index is 423. The average Bonchev–Trinajstić information content (AvgIpc) is 2.70. The van der Waals surface area contributed by atoms with Crippen LogP contribution in [0.2, 0.25) is 0 Å². The summed E-state index contributed by atoms with van der Waals surface area (Å²) in [5.41, 5.74) is 2.02. The van der Waals surface area contributed by atoms with Crippen LogP contribution in [-0.4, -0.2) is 27.1 Å². The van der Waals surface area contributed by atoms with Gasteiger partial charge in [0, 0.05) is 19.4 Å². The van der Waals surface area contributed by atoms with Gasteiger partial charge in [0.2, 0.25) is 0 Å². The number of hydroxylamine groups is 2. The molecule has 0 aliphatic rings. The molecule has 0 atom stereocenters. The van der Waals surface area contributed by atoms with Crippen LogP contribution in [0.4, 0.5) is 0 Å². The Morgan fingerprint density at radius 1 is 1.33 bits per heavy atom. The molecule has 4 heteroatoms. The molecule has 1 aromatic heterocycles. The molecule has 15 heavy (non-hydrogen) atoms. The molecule has 0 bridgehead atoms. The Morgan fingerprint density at radius 3 is 2.80 bits per heavy atom. The second kappa shape index (κ2) is 4.25. The molecule has 0 aliphatic heterocycles. The first kappa shape index (κ1) is 9.89. The van der Waals surface area contributed by atoms with Gasteiger partial charge in [0.1, 0.15) is 0 Å². The summed E-state index contributed by atoms with van der Waals surface area (Å²) in [4.78, 5) is 0. The summed E-state index contributed by atoms with van der Waals surface area (Å²) in [7, 11) is 1.62. The van der Waals surface area contributed by atoms with E-state index >= 15 is 0 Å².